The molecule has 0 aliphatic heterocycles. The largest absolute Gasteiger partial charge is 0.381 e. The van der Waals surface area contributed by atoms with Gasteiger partial charge in [0.2, 0.25) is 0 Å². The Bertz CT molecular complexity index is 434. The molecule has 0 spiro atoms. The van der Waals surface area contributed by atoms with E-state index in [2.05, 4.69) is 24.5 Å². The lowest BCUT2D eigenvalue weighted by molar-refractivity contribution is 0.0971. The molecule has 1 heterocycles. The molecular weight excluding hydrogens is 238 g/mol. The van der Waals surface area contributed by atoms with Gasteiger partial charge in [-0.15, -0.1) is 0 Å². The molecule has 0 N–H and O–H groups in total. The van der Waals surface area contributed by atoms with Gasteiger partial charge in [0.05, 0.1) is 0 Å². The van der Waals surface area contributed by atoms with Gasteiger partial charge in [-0.05, 0) is 38.7 Å². The third-order valence-electron chi connectivity index (χ3n) is 3.85. The number of carbonyl (C=O) groups is 1. The fourth-order valence-corrected chi connectivity index (χ4v) is 2.78. The minimum Gasteiger partial charge on any atom is -0.381 e. The smallest absolute Gasteiger partial charge is 0.164 e. The summed E-state index contributed by atoms with van der Waals surface area (Å²) >= 11 is 0. The topological polar surface area (TPSA) is 31.2 Å². The second kappa shape index (κ2) is 6.90. The predicted octanol–water partition coefficient (Wildman–Crippen LogP) is 3.52. The van der Waals surface area contributed by atoms with E-state index in [4.69, 9.17) is 4.74 Å². The van der Waals surface area contributed by atoms with Gasteiger partial charge >= 0.3 is 0 Å². The first kappa shape index (κ1) is 14.3. The van der Waals surface area contributed by atoms with Crippen LogP contribution < -0.4 is 0 Å². The van der Waals surface area contributed by atoms with Gasteiger partial charge in [0.25, 0.3) is 0 Å². The summed E-state index contributed by atoms with van der Waals surface area (Å²) in [7, 11) is 0. The zero-order chi connectivity index (χ0) is 13.7. The van der Waals surface area contributed by atoms with Crippen molar-refractivity contribution in [1.29, 1.82) is 0 Å². The number of unbranched alkanes of at least 4 members (excludes halogenated alkanes) is 1. The van der Waals surface area contributed by atoms with Crippen molar-refractivity contribution in [2.75, 3.05) is 13.2 Å². The number of hydrogen-bond donors (Lipinski definition) is 0. The van der Waals surface area contributed by atoms with Crippen molar-refractivity contribution in [2.24, 2.45) is 0 Å². The number of fused-ring (bicyclic) bond motifs is 1. The average molecular weight is 263 g/mol. The minimum absolute atomic E-state index is 0.322. The lowest BCUT2D eigenvalue weighted by Crippen LogP contribution is -2.14. The molecule has 19 heavy (non-hydrogen) atoms. The van der Waals surface area contributed by atoms with Crippen LogP contribution in [0.2, 0.25) is 0 Å². The van der Waals surface area contributed by atoms with Gasteiger partial charge in [-0.1, -0.05) is 13.3 Å². The van der Waals surface area contributed by atoms with Crippen LogP contribution in [0, 0.1) is 6.92 Å². The molecule has 0 fully saturated rings. The molecule has 0 bridgehead atoms. The third-order valence-corrected chi connectivity index (χ3v) is 3.85. The van der Waals surface area contributed by atoms with Crippen molar-refractivity contribution in [3.63, 3.8) is 0 Å². The van der Waals surface area contributed by atoms with Crippen LogP contribution in [0.3, 0.4) is 0 Å². The molecule has 0 aromatic carbocycles. The first-order valence-electron chi connectivity index (χ1n) is 7.54. The van der Waals surface area contributed by atoms with Gasteiger partial charge < -0.3 is 9.30 Å². The number of ether oxygens (including phenoxy) is 1. The molecular formula is C16H25NO2. The number of hydrogen-bond acceptors (Lipinski definition) is 2. The average Bonchev–Trinajstić information content (AvgIpc) is 2.72. The lowest BCUT2D eigenvalue weighted by atomic mass is 9.96. The highest BCUT2D eigenvalue weighted by molar-refractivity contribution is 5.98. The zero-order valence-electron chi connectivity index (χ0n) is 12.2. The number of aromatic nitrogens is 1. The predicted molar refractivity (Wildman–Crippen MR) is 76.8 cm³/mol. The molecule has 1 aliphatic carbocycles. The quantitative estimate of drug-likeness (QED) is 0.705. The highest BCUT2D eigenvalue weighted by Gasteiger charge is 2.22. The van der Waals surface area contributed by atoms with Crippen LogP contribution in [0.25, 0.3) is 0 Å². The Morgan fingerprint density at radius 3 is 2.84 bits per heavy atom. The van der Waals surface area contributed by atoms with Gasteiger partial charge in [-0.2, -0.15) is 0 Å². The standard InChI is InChI=1S/C16H25NO2/c1-3-4-10-19-11-6-9-17-13(2)12-14-15(17)7-5-8-16(14)18/h12H,3-11H2,1-2H3. The Kier molecular flexibility index (Phi) is 5.20. The fourth-order valence-electron chi connectivity index (χ4n) is 2.78. The van der Waals surface area contributed by atoms with Crippen molar-refractivity contribution < 1.29 is 9.53 Å². The Balaban J connectivity index is 1.88. The summed E-state index contributed by atoms with van der Waals surface area (Å²) in [6.45, 7) is 6.94. The van der Waals surface area contributed by atoms with E-state index in [1.54, 1.807) is 0 Å². The van der Waals surface area contributed by atoms with E-state index in [1.165, 1.54) is 17.8 Å². The second-order valence-corrected chi connectivity index (χ2v) is 5.39. The van der Waals surface area contributed by atoms with Crippen LogP contribution in [-0.4, -0.2) is 23.6 Å². The summed E-state index contributed by atoms with van der Waals surface area (Å²) in [6.07, 6.45) is 6.13. The van der Waals surface area contributed by atoms with E-state index in [-0.39, 0.29) is 0 Å². The molecule has 1 aromatic rings. The van der Waals surface area contributed by atoms with Crippen LogP contribution in [0.5, 0.6) is 0 Å². The van der Waals surface area contributed by atoms with Crippen LogP contribution in [-0.2, 0) is 17.7 Å². The Labute approximate surface area is 115 Å². The van der Waals surface area contributed by atoms with E-state index >= 15 is 0 Å². The third kappa shape index (κ3) is 3.47. The number of carbonyl (C=O) groups excluding carboxylic acids is 1. The molecule has 106 valence electrons. The Morgan fingerprint density at radius 2 is 2.05 bits per heavy atom. The van der Waals surface area contributed by atoms with E-state index < -0.39 is 0 Å². The van der Waals surface area contributed by atoms with Crippen LogP contribution >= 0.6 is 0 Å². The summed E-state index contributed by atoms with van der Waals surface area (Å²) in [5.41, 5.74) is 3.44. The molecule has 3 heteroatoms. The van der Waals surface area contributed by atoms with E-state index in [0.29, 0.717) is 5.78 Å². The lowest BCUT2D eigenvalue weighted by Gasteiger charge is -2.16. The molecule has 1 aliphatic rings. The summed E-state index contributed by atoms with van der Waals surface area (Å²) in [6, 6.07) is 2.06. The molecule has 0 unspecified atom stereocenters. The molecule has 0 atom stereocenters. The van der Waals surface area contributed by atoms with Gasteiger partial charge in [-0.25, -0.2) is 0 Å². The van der Waals surface area contributed by atoms with Crippen LogP contribution in [0.1, 0.15) is 60.8 Å². The highest BCUT2D eigenvalue weighted by atomic mass is 16.5. The maximum Gasteiger partial charge on any atom is 0.164 e. The number of ketones is 1. The van der Waals surface area contributed by atoms with E-state index in [0.717, 1.165) is 57.4 Å². The van der Waals surface area contributed by atoms with Crippen molar-refractivity contribution >= 4 is 5.78 Å². The summed E-state index contributed by atoms with van der Waals surface area (Å²) in [5, 5.41) is 0. The maximum atomic E-state index is 11.9. The monoisotopic (exact) mass is 263 g/mol. The summed E-state index contributed by atoms with van der Waals surface area (Å²) in [5.74, 6) is 0.322. The van der Waals surface area contributed by atoms with Gasteiger partial charge in [0, 0.05) is 43.1 Å². The van der Waals surface area contributed by atoms with Crippen molar-refractivity contribution in [3.05, 3.63) is 23.0 Å². The molecule has 0 amide bonds. The van der Waals surface area contributed by atoms with Gasteiger partial charge in [0.1, 0.15) is 0 Å². The SMILES string of the molecule is CCCCOCCCn1c(C)cc2c1CCCC2=O. The van der Waals surface area contributed by atoms with Crippen molar-refractivity contribution in [3.8, 4) is 0 Å². The Hall–Kier alpha value is -1.09. The first-order valence-corrected chi connectivity index (χ1v) is 7.54. The summed E-state index contributed by atoms with van der Waals surface area (Å²) < 4.78 is 7.91. The molecule has 3 nitrogen and oxygen atoms in total. The second-order valence-electron chi connectivity index (χ2n) is 5.39. The number of aryl methyl sites for hydroxylation is 1. The van der Waals surface area contributed by atoms with Gasteiger partial charge in [-0.3, -0.25) is 4.79 Å². The van der Waals surface area contributed by atoms with E-state index in [9.17, 15) is 4.79 Å². The summed E-state index contributed by atoms with van der Waals surface area (Å²) in [4.78, 5) is 11.9. The molecule has 2 rings (SSSR count). The highest BCUT2D eigenvalue weighted by Crippen LogP contribution is 2.25. The molecule has 0 saturated heterocycles. The molecule has 1 aromatic heterocycles. The normalized spacial score (nSPS) is 14.7. The van der Waals surface area contributed by atoms with Crippen molar-refractivity contribution in [2.45, 2.75) is 58.9 Å². The fraction of sp³-hybridized carbons (Fsp3) is 0.688. The molecule has 0 radical (unpaired) electrons. The van der Waals surface area contributed by atoms with Gasteiger partial charge in [0.15, 0.2) is 5.78 Å². The number of Topliss-reactive ketones (excluding diaryl/α,β-unsaturated/α-hetero) is 1. The minimum atomic E-state index is 0.322. The number of rotatable bonds is 7. The van der Waals surface area contributed by atoms with Crippen LogP contribution in [0.15, 0.2) is 6.07 Å². The van der Waals surface area contributed by atoms with Crippen molar-refractivity contribution in [1.82, 2.24) is 4.57 Å². The van der Waals surface area contributed by atoms with Crippen LogP contribution in [0.4, 0.5) is 0 Å². The number of nitrogens with zero attached hydrogens (tertiary/aromatic N) is 1. The zero-order valence-corrected chi connectivity index (χ0v) is 12.2. The molecule has 0 saturated carbocycles. The first-order chi connectivity index (χ1) is 9.24. The van der Waals surface area contributed by atoms with E-state index in [1.807, 2.05) is 0 Å². The Morgan fingerprint density at radius 1 is 1.26 bits per heavy atom. The maximum absolute atomic E-state index is 11.9.